The van der Waals surface area contributed by atoms with Crippen LogP contribution in [0.25, 0.3) is 0 Å². The van der Waals surface area contributed by atoms with Crippen molar-refractivity contribution in [3.05, 3.63) is 94.0 Å². The molecule has 0 radical (unpaired) electrons. The lowest BCUT2D eigenvalue weighted by molar-refractivity contribution is -0.124. The summed E-state index contributed by atoms with van der Waals surface area (Å²) in [5.41, 5.74) is 0.698. The van der Waals surface area contributed by atoms with Crippen molar-refractivity contribution >= 4 is 50.8 Å². The van der Waals surface area contributed by atoms with Crippen molar-refractivity contribution in [2.75, 3.05) is 11.3 Å². The number of para-hydroxylation sites is 1. The summed E-state index contributed by atoms with van der Waals surface area (Å²) in [7, 11) is -3.97. The van der Waals surface area contributed by atoms with Gasteiger partial charge in [0.1, 0.15) is 0 Å². The van der Waals surface area contributed by atoms with Gasteiger partial charge in [-0.15, -0.1) is 0 Å². The summed E-state index contributed by atoms with van der Waals surface area (Å²) in [4.78, 5) is 24.5. The van der Waals surface area contributed by atoms with E-state index < -0.39 is 28.5 Å². The van der Waals surface area contributed by atoms with Gasteiger partial charge in [0.25, 0.3) is 15.9 Å². The van der Waals surface area contributed by atoms with Gasteiger partial charge in [-0.1, -0.05) is 53.5 Å². The third kappa shape index (κ3) is 6.23. The molecule has 0 aliphatic rings. The van der Waals surface area contributed by atoms with Crippen molar-refractivity contribution in [1.29, 1.82) is 0 Å². The topological polar surface area (TPSA) is 102 Å². The average Bonchev–Trinajstić information content (AvgIpc) is 2.77. The molecule has 166 valence electrons. The van der Waals surface area contributed by atoms with E-state index >= 15 is 0 Å². The molecule has 10 heteroatoms. The molecule has 0 saturated carbocycles. The maximum absolute atomic E-state index is 12.6. The molecule has 0 aliphatic heterocycles. The van der Waals surface area contributed by atoms with E-state index in [0.29, 0.717) is 10.0 Å². The van der Waals surface area contributed by atoms with Crippen molar-refractivity contribution in [1.82, 2.24) is 5.32 Å². The fourth-order valence-electron chi connectivity index (χ4n) is 2.66. The van der Waals surface area contributed by atoms with Gasteiger partial charge in [-0.2, -0.15) is 0 Å². The largest absolute Gasteiger partial charge is 0.452 e. The number of anilines is 1. The number of nitrogens with one attached hydrogen (secondary N) is 2. The molecule has 0 fully saturated rings. The smallest absolute Gasteiger partial charge is 0.340 e. The summed E-state index contributed by atoms with van der Waals surface area (Å²) in [6.07, 6.45) is 0. The first kappa shape index (κ1) is 23.6. The van der Waals surface area contributed by atoms with E-state index in [0.717, 1.165) is 5.56 Å². The number of hydrogen-bond acceptors (Lipinski definition) is 5. The normalized spacial score (nSPS) is 10.9. The second kappa shape index (κ2) is 10.5. The minimum atomic E-state index is -3.97. The SMILES string of the molecule is O=C(COC(=O)c1ccccc1NS(=O)(=O)c1ccc(Cl)cc1)NCc1ccccc1Cl. The first-order valence-corrected chi connectivity index (χ1v) is 11.5. The fourth-order valence-corrected chi connectivity index (χ4v) is 4.07. The summed E-state index contributed by atoms with van der Waals surface area (Å²) in [5.74, 6) is -1.38. The van der Waals surface area contributed by atoms with Gasteiger partial charge in [0.05, 0.1) is 16.1 Å². The number of halogens is 2. The summed E-state index contributed by atoms with van der Waals surface area (Å²) >= 11 is 11.8. The van der Waals surface area contributed by atoms with Crippen molar-refractivity contribution in [3.8, 4) is 0 Å². The Balaban J connectivity index is 1.63. The zero-order valence-electron chi connectivity index (χ0n) is 16.5. The minimum Gasteiger partial charge on any atom is -0.452 e. The molecule has 0 unspecified atom stereocenters. The number of benzene rings is 3. The summed E-state index contributed by atoms with van der Waals surface area (Å²) in [5, 5.41) is 3.50. The zero-order chi connectivity index (χ0) is 23.1. The number of ether oxygens (including phenoxy) is 1. The highest BCUT2D eigenvalue weighted by Crippen LogP contribution is 2.22. The molecule has 0 heterocycles. The Labute approximate surface area is 195 Å². The molecule has 0 spiro atoms. The fraction of sp³-hybridized carbons (Fsp3) is 0.0909. The lowest BCUT2D eigenvalue weighted by Gasteiger charge is -2.12. The Kier molecular flexibility index (Phi) is 7.74. The van der Waals surface area contributed by atoms with Crippen LogP contribution in [0.5, 0.6) is 0 Å². The highest BCUT2D eigenvalue weighted by Gasteiger charge is 2.20. The lowest BCUT2D eigenvalue weighted by atomic mass is 10.2. The van der Waals surface area contributed by atoms with Gasteiger partial charge in [-0.3, -0.25) is 9.52 Å². The second-order valence-electron chi connectivity index (χ2n) is 6.55. The quantitative estimate of drug-likeness (QED) is 0.457. The van der Waals surface area contributed by atoms with Crippen molar-refractivity contribution < 1.29 is 22.7 Å². The van der Waals surface area contributed by atoms with E-state index in [4.69, 9.17) is 27.9 Å². The van der Waals surface area contributed by atoms with Crippen LogP contribution >= 0.6 is 23.2 Å². The number of carbonyl (C=O) groups excluding carboxylic acids is 2. The van der Waals surface area contributed by atoms with E-state index in [1.807, 2.05) is 0 Å². The van der Waals surface area contributed by atoms with E-state index in [1.165, 1.54) is 36.4 Å². The van der Waals surface area contributed by atoms with Crippen molar-refractivity contribution in [3.63, 3.8) is 0 Å². The van der Waals surface area contributed by atoms with Gasteiger partial charge in [-0.25, -0.2) is 13.2 Å². The predicted octanol–water partition coefficient (Wildman–Crippen LogP) is 4.27. The van der Waals surface area contributed by atoms with Gasteiger partial charge in [0, 0.05) is 16.6 Å². The monoisotopic (exact) mass is 492 g/mol. The molecule has 2 N–H and O–H groups in total. The third-order valence-electron chi connectivity index (χ3n) is 4.28. The number of carbonyl (C=O) groups is 2. The second-order valence-corrected chi connectivity index (χ2v) is 9.08. The van der Waals surface area contributed by atoms with Crippen LogP contribution in [0.1, 0.15) is 15.9 Å². The number of amides is 1. The van der Waals surface area contributed by atoms with E-state index in [-0.39, 0.29) is 22.7 Å². The van der Waals surface area contributed by atoms with Gasteiger partial charge >= 0.3 is 5.97 Å². The molecule has 0 atom stereocenters. The Hall–Kier alpha value is -3.07. The van der Waals surface area contributed by atoms with Crippen LogP contribution in [0.4, 0.5) is 5.69 Å². The molecule has 0 bridgehead atoms. The van der Waals surface area contributed by atoms with Crippen molar-refractivity contribution in [2.45, 2.75) is 11.4 Å². The maximum atomic E-state index is 12.6. The minimum absolute atomic E-state index is 0.0175. The van der Waals surface area contributed by atoms with E-state index in [2.05, 4.69) is 10.0 Å². The zero-order valence-corrected chi connectivity index (χ0v) is 18.9. The third-order valence-corrected chi connectivity index (χ3v) is 6.29. The Morgan fingerprint density at radius 1 is 0.875 bits per heavy atom. The van der Waals surface area contributed by atoms with Crippen LogP contribution in [-0.4, -0.2) is 26.9 Å². The molecule has 7 nitrogen and oxygen atoms in total. The average molecular weight is 493 g/mol. The van der Waals surface area contributed by atoms with Crippen LogP contribution < -0.4 is 10.0 Å². The highest BCUT2D eigenvalue weighted by atomic mass is 35.5. The molecule has 1 amide bonds. The van der Waals surface area contributed by atoms with Crippen LogP contribution in [0, 0.1) is 0 Å². The summed E-state index contributed by atoms with van der Waals surface area (Å²) in [6.45, 7) is -0.366. The predicted molar refractivity (Wildman–Crippen MR) is 122 cm³/mol. The number of hydrogen-bond donors (Lipinski definition) is 2. The highest BCUT2D eigenvalue weighted by molar-refractivity contribution is 7.92. The molecule has 3 aromatic carbocycles. The van der Waals surface area contributed by atoms with Crippen molar-refractivity contribution in [2.24, 2.45) is 0 Å². The number of sulfonamides is 1. The van der Waals surface area contributed by atoms with Crippen LogP contribution in [0.3, 0.4) is 0 Å². The van der Waals surface area contributed by atoms with Gasteiger partial charge in [0.15, 0.2) is 6.61 Å². The number of rotatable bonds is 8. The Morgan fingerprint density at radius 3 is 2.25 bits per heavy atom. The Bertz CT molecular complexity index is 1230. The van der Waals surface area contributed by atoms with Gasteiger partial charge in [0.2, 0.25) is 0 Å². The standard InChI is InChI=1S/C22H18Cl2N2O5S/c23-16-9-11-17(12-10-16)32(29,30)26-20-8-4-2-6-18(20)22(28)31-14-21(27)25-13-15-5-1-3-7-19(15)24/h1-12,26H,13-14H2,(H,25,27). The van der Waals surface area contributed by atoms with Crippen LogP contribution in [0.15, 0.2) is 77.7 Å². The molecular formula is C22H18Cl2N2O5S. The summed E-state index contributed by atoms with van der Waals surface area (Å²) < 4.78 is 32.6. The molecule has 3 rings (SSSR count). The molecule has 3 aromatic rings. The molecular weight excluding hydrogens is 475 g/mol. The molecule has 0 aliphatic carbocycles. The first-order chi connectivity index (χ1) is 15.3. The molecule has 0 saturated heterocycles. The first-order valence-electron chi connectivity index (χ1n) is 9.31. The van der Waals surface area contributed by atoms with Gasteiger partial charge in [-0.05, 0) is 48.0 Å². The number of esters is 1. The van der Waals surface area contributed by atoms with Crippen LogP contribution in [-0.2, 0) is 26.1 Å². The van der Waals surface area contributed by atoms with E-state index in [1.54, 1.807) is 36.4 Å². The van der Waals surface area contributed by atoms with E-state index in [9.17, 15) is 18.0 Å². The maximum Gasteiger partial charge on any atom is 0.340 e. The van der Waals surface area contributed by atoms with Crippen LogP contribution in [0.2, 0.25) is 10.0 Å². The Morgan fingerprint density at radius 2 is 1.53 bits per heavy atom. The molecule has 32 heavy (non-hydrogen) atoms. The summed E-state index contributed by atoms with van der Waals surface area (Å²) in [6, 6.07) is 18.5. The van der Waals surface area contributed by atoms with Gasteiger partial charge < -0.3 is 10.1 Å². The molecule has 0 aromatic heterocycles. The lowest BCUT2D eigenvalue weighted by Crippen LogP contribution is -2.28.